The van der Waals surface area contributed by atoms with Gasteiger partial charge in [-0.3, -0.25) is 4.79 Å². The second-order valence-electron chi connectivity index (χ2n) is 8.74. The fourth-order valence-electron chi connectivity index (χ4n) is 3.50. The molecule has 2 aliphatic rings. The number of methoxy groups -OCH3 is 1. The first-order valence-electron chi connectivity index (χ1n) is 10.3. The van der Waals surface area contributed by atoms with Crippen molar-refractivity contribution in [3.05, 3.63) is 29.8 Å². The van der Waals surface area contributed by atoms with Gasteiger partial charge in [-0.2, -0.15) is 4.99 Å². The summed E-state index contributed by atoms with van der Waals surface area (Å²) in [6.45, 7) is 5.82. The summed E-state index contributed by atoms with van der Waals surface area (Å²) in [4.78, 5) is 30.3. The number of carbonyl (C=O) groups excluding carboxylic acids is 2. The zero-order chi connectivity index (χ0) is 23.5. The molecule has 0 radical (unpaired) electrons. The minimum atomic E-state index is -3.12. The van der Waals surface area contributed by atoms with Crippen LogP contribution in [0.3, 0.4) is 0 Å². The first kappa shape index (κ1) is 24.4. The second kappa shape index (κ2) is 9.70. The van der Waals surface area contributed by atoms with Crippen LogP contribution in [0.2, 0.25) is 0 Å². The van der Waals surface area contributed by atoms with Crippen molar-refractivity contribution in [1.29, 1.82) is 0 Å². The number of aliphatic imine (C=N–C) groups is 1. The van der Waals surface area contributed by atoms with Crippen LogP contribution in [0.4, 0.5) is 4.79 Å². The Morgan fingerprint density at radius 2 is 1.91 bits per heavy atom. The van der Waals surface area contributed by atoms with Gasteiger partial charge in [0.05, 0.1) is 24.7 Å². The number of sulfone groups is 1. The number of ether oxygens (including phenoxy) is 2. The van der Waals surface area contributed by atoms with Gasteiger partial charge in [0.1, 0.15) is 11.4 Å². The van der Waals surface area contributed by atoms with Crippen LogP contribution in [0, 0.1) is 0 Å². The van der Waals surface area contributed by atoms with Crippen LogP contribution in [0.25, 0.3) is 0 Å². The van der Waals surface area contributed by atoms with Gasteiger partial charge in [-0.15, -0.1) is 0 Å². The molecule has 2 aliphatic heterocycles. The third-order valence-corrected chi connectivity index (χ3v) is 8.16. The summed E-state index contributed by atoms with van der Waals surface area (Å²) in [6.07, 6.45) is -0.568. The molecule has 2 heterocycles. The molecule has 0 aromatic heterocycles. The topological polar surface area (TPSA) is 114 Å². The van der Waals surface area contributed by atoms with Crippen molar-refractivity contribution in [3.63, 3.8) is 0 Å². The third kappa shape index (κ3) is 6.61. The predicted octanol–water partition coefficient (Wildman–Crippen LogP) is 2.21. The number of hydrogen-bond acceptors (Lipinski definition) is 7. The predicted molar refractivity (Wildman–Crippen MR) is 124 cm³/mol. The molecule has 32 heavy (non-hydrogen) atoms. The molecule has 3 rings (SSSR count). The van der Waals surface area contributed by atoms with E-state index in [-0.39, 0.29) is 41.7 Å². The minimum absolute atomic E-state index is 0.0211. The van der Waals surface area contributed by atoms with Crippen molar-refractivity contribution in [2.75, 3.05) is 25.2 Å². The largest absolute Gasteiger partial charge is 0.497 e. The Kier molecular flexibility index (Phi) is 7.39. The lowest BCUT2D eigenvalue weighted by Gasteiger charge is -2.24. The van der Waals surface area contributed by atoms with E-state index in [1.807, 2.05) is 29.2 Å². The lowest BCUT2D eigenvalue weighted by molar-refractivity contribution is -0.117. The summed E-state index contributed by atoms with van der Waals surface area (Å²) >= 11 is 1.33. The van der Waals surface area contributed by atoms with Crippen LogP contribution in [-0.4, -0.2) is 72.5 Å². The highest BCUT2D eigenvalue weighted by Crippen LogP contribution is 2.39. The zero-order valence-corrected chi connectivity index (χ0v) is 20.3. The van der Waals surface area contributed by atoms with Gasteiger partial charge in [0.2, 0.25) is 5.91 Å². The highest BCUT2D eigenvalue weighted by molar-refractivity contribution is 8.15. The molecule has 2 unspecified atom stereocenters. The molecule has 9 nitrogen and oxygen atoms in total. The first-order chi connectivity index (χ1) is 15.0. The smallest absolute Gasteiger partial charge is 0.407 e. The molecular formula is C21H29N3O6S2. The van der Waals surface area contributed by atoms with Crippen LogP contribution in [0.15, 0.2) is 29.3 Å². The number of nitrogens with one attached hydrogen (secondary N) is 1. The molecular weight excluding hydrogens is 454 g/mol. The molecule has 0 aliphatic carbocycles. The van der Waals surface area contributed by atoms with Crippen molar-refractivity contribution in [2.45, 2.75) is 50.6 Å². The molecule has 176 valence electrons. The average Bonchev–Trinajstić information content (AvgIpc) is 3.13. The summed E-state index contributed by atoms with van der Waals surface area (Å²) in [5, 5.41) is 2.92. The van der Waals surface area contributed by atoms with Crippen LogP contribution in [0.5, 0.6) is 5.75 Å². The maximum absolute atomic E-state index is 12.4. The first-order valence-corrected chi connectivity index (χ1v) is 13.0. The lowest BCUT2D eigenvalue weighted by atomic mass is 10.1. The number of carbonyl (C=O) groups is 2. The standard InChI is InChI=1S/C21H29N3O6S2/c1-21(2,3)30-20(26)22-10-9-18(25)23-19-24(11-14-5-7-15(29-4)8-6-14)16-12-32(27,28)13-17(16)31-19/h5-8,16-17H,9-13H2,1-4H3,(H,22,26). The number of hydrogen-bond donors (Lipinski definition) is 1. The lowest BCUT2D eigenvalue weighted by Crippen LogP contribution is -2.37. The van der Waals surface area contributed by atoms with Gasteiger partial charge < -0.3 is 19.7 Å². The van der Waals surface area contributed by atoms with E-state index in [4.69, 9.17) is 9.47 Å². The minimum Gasteiger partial charge on any atom is -0.497 e. The van der Waals surface area contributed by atoms with E-state index in [1.54, 1.807) is 27.9 Å². The van der Waals surface area contributed by atoms with Crippen LogP contribution < -0.4 is 10.1 Å². The Hall–Kier alpha value is -2.27. The fourth-order valence-corrected chi connectivity index (χ4v) is 7.46. The van der Waals surface area contributed by atoms with Crippen LogP contribution in [-0.2, 0) is 25.9 Å². The molecule has 2 fully saturated rings. The number of amides is 2. The SMILES string of the molecule is COc1ccc(CN2C(=NC(=O)CCNC(=O)OC(C)(C)C)SC3CS(=O)(=O)CC32)cc1. The quantitative estimate of drug-likeness (QED) is 0.655. The molecule has 1 N–H and O–H groups in total. The van der Waals surface area contributed by atoms with Crippen LogP contribution in [0.1, 0.15) is 32.8 Å². The average molecular weight is 484 g/mol. The monoisotopic (exact) mass is 483 g/mol. The van der Waals surface area contributed by atoms with Crippen LogP contribution >= 0.6 is 11.8 Å². The number of fused-ring (bicyclic) bond motifs is 1. The maximum atomic E-state index is 12.4. The molecule has 2 atom stereocenters. The van der Waals surface area contributed by atoms with Crippen molar-refractivity contribution < 1.29 is 27.5 Å². The van der Waals surface area contributed by atoms with E-state index in [2.05, 4.69) is 10.3 Å². The molecule has 2 amide bonds. The van der Waals surface area contributed by atoms with Gasteiger partial charge in [-0.25, -0.2) is 13.2 Å². The van der Waals surface area contributed by atoms with E-state index >= 15 is 0 Å². The Bertz CT molecular complexity index is 986. The number of thioether (sulfide) groups is 1. The Morgan fingerprint density at radius 3 is 2.53 bits per heavy atom. The summed E-state index contributed by atoms with van der Waals surface area (Å²) in [6, 6.07) is 7.27. The molecule has 1 aromatic carbocycles. The molecule has 1 aromatic rings. The molecule has 11 heteroatoms. The molecule has 0 saturated carbocycles. The van der Waals surface area contributed by atoms with E-state index in [9.17, 15) is 18.0 Å². The second-order valence-corrected chi connectivity index (χ2v) is 12.1. The molecule has 0 bridgehead atoms. The number of rotatable bonds is 6. The van der Waals surface area contributed by atoms with Gasteiger partial charge in [-0.1, -0.05) is 23.9 Å². The van der Waals surface area contributed by atoms with Gasteiger partial charge >= 0.3 is 6.09 Å². The maximum Gasteiger partial charge on any atom is 0.407 e. The van der Waals surface area contributed by atoms with Crippen molar-refractivity contribution in [1.82, 2.24) is 10.2 Å². The molecule has 0 spiro atoms. The summed E-state index contributed by atoms with van der Waals surface area (Å²) in [5.41, 5.74) is 0.345. The Labute approximate surface area is 192 Å². The van der Waals surface area contributed by atoms with E-state index < -0.39 is 21.5 Å². The Balaban J connectivity index is 1.66. The van der Waals surface area contributed by atoms with E-state index in [0.717, 1.165) is 11.3 Å². The number of alkyl carbamates (subject to hydrolysis) is 1. The van der Waals surface area contributed by atoms with Gasteiger partial charge in [-0.05, 0) is 38.5 Å². The van der Waals surface area contributed by atoms with E-state index in [1.165, 1.54) is 11.8 Å². The van der Waals surface area contributed by atoms with Crippen molar-refractivity contribution in [2.24, 2.45) is 4.99 Å². The van der Waals surface area contributed by atoms with Gasteiger partial charge in [0, 0.05) is 24.8 Å². The summed E-state index contributed by atoms with van der Waals surface area (Å²) in [5.74, 6) is 0.474. The highest BCUT2D eigenvalue weighted by Gasteiger charge is 2.48. The fraction of sp³-hybridized carbons (Fsp3) is 0.571. The van der Waals surface area contributed by atoms with Crippen molar-refractivity contribution >= 4 is 38.8 Å². The zero-order valence-electron chi connectivity index (χ0n) is 18.7. The summed E-state index contributed by atoms with van der Waals surface area (Å²) < 4.78 is 34.6. The molecule has 2 saturated heterocycles. The number of nitrogens with zero attached hydrogens (tertiary/aromatic N) is 2. The number of benzene rings is 1. The number of amidine groups is 1. The van der Waals surface area contributed by atoms with Gasteiger partial charge in [0.25, 0.3) is 0 Å². The van der Waals surface area contributed by atoms with E-state index in [0.29, 0.717) is 11.7 Å². The van der Waals surface area contributed by atoms with Crippen molar-refractivity contribution in [3.8, 4) is 5.75 Å². The van der Waals surface area contributed by atoms with Gasteiger partial charge in [0.15, 0.2) is 15.0 Å². The third-order valence-electron chi connectivity index (χ3n) is 4.91. The normalized spacial score (nSPS) is 23.1. The Morgan fingerprint density at radius 1 is 1.22 bits per heavy atom. The summed E-state index contributed by atoms with van der Waals surface area (Å²) in [7, 11) is -1.52. The highest BCUT2D eigenvalue weighted by atomic mass is 32.2.